The minimum absolute atomic E-state index is 0.0170. The minimum Gasteiger partial charge on any atom is -0.460 e. The van der Waals surface area contributed by atoms with Gasteiger partial charge in [0.2, 0.25) is 35.4 Å². The van der Waals surface area contributed by atoms with Gasteiger partial charge in [-0.3, -0.25) is 28.8 Å². The number of esters is 8. The zero-order valence-electron chi connectivity index (χ0n) is 60.9. The van der Waals surface area contributed by atoms with Gasteiger partial charge in [-0.15, -0.1) is 0 Å². The average Bonchev–Trinajstić information content (AvgIpc) is 0.904. The third-order valence-corrected chi connectivity index (χ3v) is 12.2. The molecule has 0 N–H and O–H groups in total. The lowest BCUT2D eigenvalue weighted by Crippen LogP contribution is -2.44. The first kappa shape index (κ1) is 96.3. The summed E-state index contributed by atoms with van der Waals surface area (Å²) in [5.41, 5.74) is 3.15. The molecule has 0 atom stereocenters. The van der Waals surface area contributed by atoms with Crippen LogP contribution in [0.2, 0.25) is 0 Å². The van der Waals surface area contributed by atoms with E-state index in [2.05, 4.69) is 92.1 Å². The van der Waals surface area contributed by atoms with E-state index in [1.54, 1.807) is 20.8 Å². The molecule has 558 valence electrons. The first-order valence-corrected chi connectivity index (χ1v) is 31.2. The van der Waals surface area contributed by atoms with E-state index in [1.165, 1.54) is 84.8 Å². The van der Waals surface area contributed by atoms with Crippen molar-refractivity contribution in [2.24, 2.45) is 0 Å². The fraction of sp³-hybridized carbons (Fsp3) is 0.425. The summed E-state index contributed by atoms with van der Waals surface area (Å²) in [6.45, 7) is 67.9. The fourth-order valence-electron chi connectivity index (χ4n) is 6.60. The number of ether oxygens (including phenoxy) is 8. The van der Waals surface area contributed by atoms with Gasteiger partial charge in [0.25, 0.3) is 0 Å². The summed E-state index contributed by atoms with van der Waals surface area (Å²) in [7, 11) is 0. The molecule has 0 aromatic carbocycles. The van der Waals surface area contributed by atoms with Crippen LogP contribution in [0.4, 0.5) is 0 Å². The highest BCUT2D eigenvalue weighted by atomic mass is 16.6. The maximum atomic E-state index is 12.4. The summed E-state index contributed by atoms with van der Waals surface area (Å²) in [6, 6.07) is 0. The molecule has 0 saturated heterocycles. The summed E-state index contributed by atoms with van der Waals surface area (Å²) < 4.78 is 39.8. The van der Waals surface area contributed by atoms with Gasteiger partial charge in [0.1, 0.15) is 52.9 Å². The van der Waals surface area contributed by atoms with E-state index in [1.807, 2.05) is 0 Å². The third-order valence-electron chi connectivity index (χ3n) is 12.2. The Hall–Kier alpha value is -11.1. The van der Waals surface area contributed by atoms with Crippen LogP contribution in [0.5, 0.6) is 0 Å². The number of carbonyl (C=O) groups is 14. The second kappa shape index (κ2) is 53.9. The Labute approximate surface area is 594 Å². The van der Waals surface area contributed by atoms with Crippen LogP contribution >= 0.6 is 0 Å². The molecule has 0 heterocycles. The van der Waals surface area contributed by atoms with Gasteiger partial charge >= 0.3 is 47.8 Å². The van der Waals surface area contributed by atoms with Crippen LogP contribution < -0.4 is 0 Å². The van der Waals surface area contributed by atoms with Gasteiger partial charge in [-0.1, -0.05) is 92.1 Å². The molecule has 101 heavy (non-hydrogen) atoms. The second-order valence-electron chi connectivity index (χ2n) is 22.1. The van der Waals surface area contributed by atoms with Crippen molar-refractivity contribution in [3.8, 4) is 0 Å². The monoisotopic (exact) mass is 1420 g/mol. The van der Waals surface area contributed by atoms with Crippen molar-refractivity contribution in [2.45, 2.75) is 76.2 Å². The lowest BCUT2D eigenvalue weighted by atomic mass is 10.2. The molecule has 0 fully saturated rings. The predicted octanol–water partition coefficient (Wildman–Crippen LogP) is 6.16. The van der Waals surface area contributed by atoms with Crippen molar-refractivity contribution in [3.63, 3.8) is 0 Å². The average molecular weight is 1420 g/mol. The Kier molecular flexibility index (Phi) is 51.4. The molecule has 0 radical (unpaired) electrons. The minimum atomic E-state index is -0.547. The lowest BCUT2D eigenvalue weighted by Gasteiger charge is -2.28. The predicted molar refractivity (Wildman–Crippen MR) is 381 cm³/mol. The van der Waals surface area contributed by atoms with Crippen LogP contribution in [0.1, 0.15) is 76.2 Å². The molecule has 0 saturated carbocycles. The van der Waals surface area contributed by atoms with Gasteiger partial charge in [0, 0.05) is 87.5 Å². The molecule has 0 aromatic rings. The van der Waals surface area contributed by atoms with Gasteiger partial charge in [-0.2, -0.15) is 0 Å². The van der Waals surface area contributed by atoms with E-state index in [0.717, 1.165) is 18.2 Å². The molecule has 0 bridgehead atoms. The Morgan fingerprint density at radius 3 is 0.455 bits per heavy atom. The molecule has 0 aliphatic carbocycles. The SMILES string of the molecule is C=C(C)C(=O)OCCN(CCN(CCOC(=O)C(=C)C)C(=O)C(=C)C)C(=O)C(=C)C.C=C(C)C(=O)OCCN(CCOC(=O)C(=C)C)C(=O)C(=C)C.C=CC(=O)N(CCOC(=O)C(=C)C)CCN(CCOC(=O)C(=C)C)C(=O)C=C.C=CC(=O)N(CCOC(=O)C(=C)C)CCOC(=O)C(=C)C. The Bertz CT molecular complexity index is 2970. The van der Waals surface area contributed by atoms with Crippen LogP contribution in [0.15, 0.2) is 172 Å². The van der Waals surface area contributed by atoms with Gasteiger partial charge in [-0.05, 0) is 94.4 Å². The third kappa shape index (κ3) is 46.0. The van der Waals surface area contributed by atoms with Crippen LogP contribution in [-0.4, -0.2) is 244 Å². The molecular weight excluding hydrogens is 1310 g/mol. The number of carbonyl (C=O) groups excluding carboxylic acids is 14. The van der Waals surface area contributed by atoms with Crippen molar-refractivity contribution in [3.05, 3.63) is 172 Å². The highest BCUT2D eigenvalue weighted by Crippen LogP contribution is 2.08. The van der Waals surface area contributed by atoms with Crippen LogP contribution in [-0.2, 0) is 105 Å². The highest BCUT2D eigenvalue weighted by molar-refractivity contribution is 5.95. The lowest BCUT2D eigenvalue weighted by molar-refractivity contribution is -0.143. The molecule has 28 nitrogen and oxygen atoms in total. The first-order chi connectivity index (χ1) is 47.0. The van der Waals surface area contributed by atoms with Gasteiger partial charge in [-0.25, -0.2) is 38.4 Å². The van der Waals surface area contributed by atoms with Crippen molar-refractivity contribution >= 4 is 83.2 Å². The number of hydrogen-bond donors (Lipinski definition) is 0. The molecule has 6 amide bonds. The van der Waals surface area contributed by atoms with E-state index < -0.39 is 47.8 Å². The Morgan fingerprint density at radius 2 is 0.327 bits per heavy atom. The molecule has 0 unspecified atom stereocenters. The molecular formula is C73H104N6O22. The maximum Gasteiger partial charge on any atom is 0.333 e. The van der Waals surface area contributed by atoms with E-state index in [9.17, 15) is 67.1 Å². The maximum absolute atomic E-state index is 12.4. The number of hydrogen-bond acceptors (Lipinski definition) is 22. The number of amides is 6. The van der Waals surface area contributed by atoms with Crippen molar-refractivity contribution in [1.82, 2.24) is 29.4 Å². The Balaban J connectivity index is -0.000000628. The van der Waals surface area contributed by atoms with Gasteiger partial charge < -0.3 is 67.3 Å². The first-order valence-electron chi connectivity index (χ1n) is 31.2. The van der Waals surface area contributed by atoms with Crippen LogP contribution in [0, 0.1) is 0 Å². The van der Waals surface area contributed by atoms with Crippen molar-refractivity contribution in [2.75, 3.05) is 131 Å². The molecule has 0 rings (SSSR count). The summed E-state index contributed by atoms with van der Waals surface area (Å²) in [5, 5.41) is 0. The van der Waals surface area contributed by atoms with Crippen molar-refractivity contribution < 1.29 is 105 Å². The number of rotatable bonds is 44. The zero-order chi connectivity index (χ0) is 78.8. The fourth-order valence-corrected chi connectivity index (χ4v) is 6.60. The summed E-state index contributed by atoms with van der Waals surface area (Å²) in [5.74, 6) is -6.27. The van der Waals surface area contributed by atoms with Crippen molar-refractivity contribution in [1.29, 1.82) is 0 Å². The largest absolute Gasteiger partial charge is 0.460 e. The van der Waals surface area contributed by atoms with Gasteiger partial charge in [0.05, 0.1) is 52.4 Å². The quantitative estimate of drug-likeness (QED) is 0.0374. The summed E-state index contributed by atoms with van der Waals surface area (Å²) in [6.07, 6.45) is 3.41. The normalized spacial score (nSPS) is 9.65. The summed E-state index contributed by atoms with van der Waals surface area (Å²) in [4.78, 5) is 172. The van der Waals surface area contributed by atoms with Gasteiger partial charge in [0.15, 0.2) is 0 Å². The molecule has 0 aliphatic rings. The molecule has 0 aliphatic heterocycles. The van der Waals surface area contributed by atoms with Crippen LogP contribution in [0.3, 0.4) is 0 Å². The topological polar surface area (TPSA) is 332 Å². The second-order valence-corrected chi connectivity index (χ2v) is 22.1. The molecule has 0 aromatic heterocycles. The Morgan fingerprint density at radius 1 is 0.208 bits per heavy atom. The standard InChI is InChI=1S/C22H32N2O6.C20H28N2O6.C16H23NO5.C15H21NO5/c1-15(2)19(25)23(11-13-29-21(27)17(5)6)9-10-24(20(26)16(3)4)12-14-30-22(28)18(7)8;1-7-17(23)21(11-13-27-19(25)15(3)4)9-10-22(18(24)8-2)12-14-28-20(26)16(5)6;1-11(2)14(18)17(7-9-21-15(19)12(3)4)8-10-22-16(20)13(5)6;1-6-13(17)16(7-9-20-14(18)11(2)3)8-10-21-15(19)12(4)5/h1,3,5,7,9-14H2,2,4,6,8H3;7-8H,1-3,5,9-14H2,4,6H3;1,3,5,7-10H2,2,4,6H3;6H,1-2,4,7-10H2,3,5H3. The zero-order valence-corrected chi connectivity index (χ0v) is 60.9. The van der Waals surface area contributed by atoms with Crippen LogP contribution in [0.25, 0.3) is 0 Å². The summed E-state index contributed by atoms with van der Waals surface area (Å²) >= 11 is 0. The molecule has 28 heteroatoms. The number of nitrogens with zero attached hydrogens (tertiary/aromatic N) is 6. The highest BCUT2D eigenvalue weighted by Gasteiger charge is 2.23. The smallest absolute Gasteiger partial charge is 0.333 e. The van der Waals surface area contributed by atoms with E-state index >= 15 is 0 Å². The van der Waals surface area contributed by atoms with E-state index in [-0.39, 0.29) is 211 Å². The molecule has 0 spiro atoms. The van der Waals surface area contributed by atoms with E-state index in [0.29, 0.717) is 16.7 Å². The van der Waals surface area contributed by atoms with E-state index in [4.69, 9.17) is 37.9 Å².